The van der Waals surface area contributed by atoms with Crippen LogP contribution in [0.2, 0.25) is 0 Å². The van der Waals surface area contributed by atoms with Gasteiger partial charge in [-0.1, -0.05) is 0 Å². The van der Waals surface area contributed by atoms with E-state index in [0.29, 0.717) is 0 Å². The van der Waals surface area contributed by atoms with Crippen molar-refractivity contribution in [2.24, 2.45) is 4.99 Å². The Kier molecular flexibility index (Phi) is 4.48. The fraction of sp³-hybridized carbons (Fsp3) is 0.667. The Morgan fingerprint density at radius 3 is 2.75 bits per heavy atom. The van der Waals surface area contributed by atoms with Gasteiger partial charge in [-0.05, 0) is 6.08 Å². The molecule has 2 amide bonds. The minimum absolute atomic E-state index is 0.467. The first-order chi connectivity index (χ1) is 11.3. The van der Waals surface area contributed by atoms with Gasteiger partial charge in [0.25, 0.3) is 0 Å². The number of aliphatic hydroxyl groups is 1. The number of rotatable bonds is 4. The highest BCUT2D eigenvalue weighted by atomic mass is 32.3. The van der Waals surface area contributed by atoms with Crippen LogP contribution in [-0.4, -0.2) is 87.1 Å². The van der Waals surface area contributed by atoms with Gasteiger partial charge in [-0.3, -0.25) is 4.90 Å². The molecule has 0 bridgehead atoms. The Balaban J connectivity index is 1.77. The van der Waals surface area contributed by atoms with E-state index < -0.39 is 53.7 Å². The number of urea groups is 1. The van der Waals surface area contributed by atoms with Crippen LogP contribution in [0.15, 0.2) is 17.3 Å². The second-order valence-electron chi connectivity index (χ2n) is 5.65. The van der Waals surface area contributed by atoms with Crippen LogP contribution in [-0.2, 0) is 23.5 Å². The lowest BCUT2D eigenvalue weighted by Crippen LogP contribution is -2.52. The predicted octanol–water partition coefficient (Wildman–Crippen LogP) is -1.81. The van der Waals surface area contributed by atoms with E-state index in [1.54, 1.807) is 31.4 Å². The number of nitrogens with one attached hydrogen (secondary N) is 1. The van der Waals surface area contributed by atoms with Gasteiger partial charge in [0.1, 0.15) is 18.4 Å². The SMILES string of the molecule is CN(C)/C=N\C1C=CN([C@@H]2O[C@H](CO)C3OS(=O)(=O)OC32)C(=O)N1. The molecule has 3 rings (SSSR count). The summed E-state index contributed by atoms with van der Waals surface area (Å²) in [5.74, 6) is 0. The largest absolute Gasteiger partial charge is 0.400 e. The van der Waals surface area contributed by atoms with E-state index in [9.17, 15) is 18.3 Å². The van der Waals surface area contributed by atoms with Crippen LogP contribution in [0, 0.1) is 0 Å². The van der Waals surface area contributed by atoms with Crippen molar-refractivity contribution in [3.63, 3.8) is 0 Å². The summed E-state index contributed by atoms with van der Waals surface area (Å²) in [6.07, 6.45) is 0.0340. The molecule has 0 aromatic heterocycles. The first kappa shape index (κ1) is 17.1. The molecule has 0 radical (unpaired) electrons. The standard InChI is InChI=1S/C12H18N4O7S/c1-15(2)6-13-8-3-4-16(12(18)14-8)11-10-9(7(5-17)21-11)22-24(19,20)23-10/h3-4,6-11,17H,5H2,1-2H3,(H,14,18)/b13-6-/t7-,8?,9?,10?,11-/m1/s1. The van der Waals surface area contributed by atoms with Crippen LogP contribution in [0.1, 0.15) is 0 Å². The van der Waals surface area contributed by atoms with Crippen molar-refractivity contribution < 1.29 is 31.4 Å². The molecule has 12 heteroatoms. The topological polar surface area (TPSA) is 130 Å². The fourth-order valence-corrected chi connectivity index (χ4v) is 3.60. The van der Waals surface area contributed by atoms with E-state index in [1.807, 2.05) is 0 Å². The molecule has 0 saturated carbocycles. The molecule has 3 aliphatic rings. The van der Waals surface area contributed by atoms with Crippen LogP contribution >= 0.6 is 0 Å². The Morgan fingerprint density at radius 2 is 2.12 bits per heavy atom. The number of aliphatic hydroxyl groups excluding tert-OH is 1. The normalized spacial score (nSPS) is 37.7. The van der Waals surface area contributed by atoms with E-state index in [0.717, 1.165) is 4.90 Å². The van der Waals surface area contributed by atoms with Crippen molar-refractivity contribution in [2.75, 3.05) is 20.7 Å². The lowest BCUT2D eigenvalue weighted by Gasteiger charge is -2.31. The van der Waals surface area contributed by atoms with Gasteiger partial charge in [0.2, 0.25) is 0 Å². The van der Waals surface area contributed by atoms with E-state index in [4.69, 9.17) is 13.1 Å². The van der Waals surface area contributed by atoms with Crippen molar-refractivity contribution in [3.8, 4) is 0 Å². The molecule has 24 heavy (non-hydrogen) atoms. The highest BCUT2D eigenvalue weighted by Gasteiger charge is 2.57. The fourth-order valence-electron chi connectivity index (χ4n) is 2.58. The number of fused-ring (bicyclic) bond motifs is 1. The molecule has 3 aliphatic heterocycles. The first-order valence-corrected chi connectivity index (χ1v) is 8.49. The summed E-state index contributed by atoms with van der Waals surface area (Å²) < 4.78 is 38.1. The summed E-state index contributed by atoms with van der Waals surface area (Å²) in [6, 6.07) is -0.534. The zero-order chi connectivity index (χ0) is 17.5. The molecular formula is C12H18N4O7S. The number of hydrogen-bond donors (Lipinski definition) is 2. The zero-order valence-electron chi connectivity index (χ0n) is 13.0. The molecule has 3 unspecified atom stereocenters. The molecule has 0 aromatic rings. The molecule has 0 spiro atoms. The molecule has 3 heterocycles. The van der Waals surface area contributed by atoms with Crippen LogP contribution in [0.25, 0.3) is 0 Å². The first-order valence-electron chi connectivity index (χ1n) is 7.15. The Morgan fingerprint density at radius 1 is 1.42 bits per heavy atom. The van der Waals surface area contributed by atoms with Gasteiger partial charge >= 0.3 is 16.4 Å². The van der Waals surface area contributed by atoms with Crippen LogP contribution in [0.4, 0.5) is 4.79 Å². The summed E-state index contributed by atoms with van der Waals surface area (Å²) in [7, 11) is -0.579. The molecule has 134 valence electrons. The molecule has 0 aliphatic carbocycles. The average molecular weight is 362 g/mol. The maximum Gasteiger partial charge on any atom is 0.400 e. The summed E-state index contributed by atoms with van der Waals surface area (Å²) in [6.45, 7) is -0.467. The van der Waals surface area contributed by atoms with Gasteiger partial charge in [-0.15, -0.1) is 0 Å². The van der Waals surface area contributed by atoms with Gasteiger partial charge in [-0.25, -0.2) is 18.2 Å². The quantitative estimate of drug-likeness (QED) is 0.442. The van der Waals surface area contributed by atoms with Crippen molar-refractivity contribution in [2.45, 2.75) is 30.7 Å². The average Bonchev–Trinajstić information content (AvgIpc) is 2.98. The smallest absolute Gasteiger partial charge is 0.394 e. The van der Waals surface area contributed by atoms with Gasteiger partial charge in [0.15, 0.2) is 12.3 Å². The van der Waals surface area contributed by atoms with Crippen molar-refractivity contribution >= 4 is 22.8 Å². The van der Waals surface area contributed by atoms with Gasteiger partial charge < -0.3 is 20.1 Å². The van der Waals surface area contributed by atoms with Crippen LogP contribution in [0.5, 0.6) is 0 Å². The number of hydrogen-bond acceptors (Lipinski definition) is 8. The lowest BCUT2D eigenvalue weighted by atomic mass is 10.1. The van der Waals surface area contributed by atoms with Gasteiger partial charge in [-0.2, -0.15) is 8.42 Å². The van der Waals surface area contributed by atoms with Crippen molar-refractivity contribution in [3.05, 3.63) is 12.3 Å². The summed E-state index contributed by atoms with van der Waals surface area (Å²) >= 11 is 0. The number of carbonyl (C=O) groups excluding carboxylic acids is 1. The summed E-state index contributed by atoms with van der Waals surface area (Å²) in [4.78, 5) is 19.3. The van der Waals surface area contributed by atoms with E-state index in [-0.39, 0.29) is 0 Å². The predicted molar refractivity (Wildman–Crippen MR) is 79.9 cm³/mol. The van der Waals surface area contributed by atoms with Crippen LogP contribution < -0.4 is 5.32 Å². The third-order valence-corrected chi connectivity index (χ3v) is 4.51. The highest BCUT2D eigenvalue weighted by Crippen LogP contribution is 2.36. The van der Waals surface area contributed by atoms with Crippen molar-refractivity contribution in [1.82, 2.24) is 15.1 Å². The third-order valence-electron chi connectivity index (χ3n) is 3.59. The Bertz CT molecular complexity index is 664. The summed E-state index contributed by atoms with van der Waals surface area (Å²) in [5, 5.41) is 11.9. The van der Waals surface area contributed by atoms with Gasteiger partial charge in [0, 0.05) is 20.3 Å². The highest BCUT2D eigenvalue weighted by molar-refractivity contribution is 7.82. The molecule has 2 fully saturated rings. The van der Waals surface area contributed by atoms with E-state index in [1.165, 1.54) is 6.20 Å². The molecule has 0 aromatic carbocycles. The van der Waals surface area contributed by atoms with Crippen LogP contribution in [0.3, 0.4) is 0 Å². The minimum Gasteiger partial charge on any atom is -0.394 e. The number of carbonyl (C=O) groups is 1. The lowest BCUT2D eigenvalue weighted by molar-refractivity contribution is -0.0679. The second-order valence-corrected chi connectivity index (χ2v) is 6.85. The maximum absolute atomic E-state index is 12.3. The Hall–Kier alpha value is -1.73. The number of nitrogens with zero attached hydrogens (tertiary/aromatic N) is 3. The number of amides is 2. The minimum atomic E-state index is -4.17. The monoisotopic (exact) mass is 362 g/mol. The zero-order valence-corrected chi connectivity index (χ0v) is 13.8. The molecule has 11 nitrogen and oxygen atoms in total. The molecular weight excluding hydrogens is 344 g/mol. The number of aliphatic imine (C=N–C) groups is 1. The van der Waals surface area contributed by atoms with E-state index in [2.05, 4.69) is 10.3 Å². The molecule has 2 saturated heterocycles. The van der Waals surface area contributed by atoms with E-state index >= 15 is 0 Å². The van der Waals surface area contributed by atoms with Gasteiger partial charge in [0.05, 0.1) is 12.9 Å². The third kappa shape index (κ3) is 3.23. The summed E-state index contributed by atoms with van der Waals surface area (Å²) in [5.41, 5.74) is 0. The second kappa shape index (κ2) is 6.29. The molecule has 2 N–H and O–H groups in total. The molecule has 5 atom stereocenters. The maximum atomic E-state index is 12.3. The Labute approximate surface area is 138 Å². The van der Waals surface area contributed by atoms with Crippen molar-refractivity contribution in [1.29, 1.82) is 0 Å². The number of ether oxygens (including phenoxy) is 1.